The highest BCUT2D eigenvalue weighted by atomic mass is 79.9. The maximum Gasteiger partial charge on any atom is 0.332 e. The van der Waals surface area contributed by atoms with Crippen LogP contribution in [0.2, 0.25) is 0 Å². The Hall–Kier alpha value is -0.870. The third-order valence-corrected chi connectivity index (χ3v) is 4.05. The fraction of sp³-hybridized carbons (Fsp3) is 0.562. The molecule has 0 radical (unpaired) electrons. The van der Waals surface area contributed by atoms with E-state index in [0.717, 1.165) is 22.9 Å². The minimum atomic E-state index is -0.860. The van der Waals surface area contributed by atoms with Gasteiger partial charge in [-0.2, -0.15) is 0 Å². The average molecular weight is 341 g/mol. The Labute approximate surface area is 128 Å². The number of ether oxygens (including phenoxy) is 1. The minimum Gasteiger partial charge on any atom is -0.479 e. The molecule has 0 spiro atoms. The molecular weight excluding hydrogens is 320 g/mol. The Kier molecular flexibility index (Phi) is 5.22. The van der Waals surface area contributed by atoms with Crippen LogP contribution >= 0.6 is 15.9 Å². The van der Waals surface area contributed by atoms with Crippen LogP contribution in [0.15, 0.2) is 28.7 Å². The van der Waals surface area contributed by atoms with Crippen molar-refractivity contribution >= 4 is 21.9 Å². The van der Waals surface area contributed by atoms with Gasteiger partial charge in [-0.25, -0.2) is 4.79 Å². The van der Waals surface area contributed by atoms with Gasteiger partial charge in [-0.1, -0.05) is 41.9 Å². The Morgan fingerprint density at radius 1 is 1.35 bits per heavy atom. The molecule has 4 heteroatoms. The van der Waals surface area contributed by atoms with Crippen molar-refractivity contribution in [2.45, 2.75) is 45.3 Å². The fourth-order valence-corrected chi connectivity index (χ4v) is 2.60. The summed E-state index contributed by atoms with van der Waals surface area (Å²) in [5.74, 6) is -0.0903. The molecule has 0 heterocycles. The molecule has 20 heavy (non-hydrogen) atoms. The van der Waals surface area contributed by atoms with Gasteiger partial charge in [0, 0.05) is 4.47 Å². The van der Waals surface area contributed by atoms with Gasteiger partial charge in [-0.3, -0.25) is 0 Å². The number of aliphatic carboxylic acids is 1. The van der Waals surface area contributed by atoms with Gasteiger partial charge in [0.05, 0.1) is 6.10 Å². The lowest BCUT2D eigenvalue weighted by atomic mass is 10.0. The van der Waals surface area contributed by atoms with Gasteiger partial charge in [0.1, 0.15) is 0 Å². The first-order valence-electron chi connectivity index (χ1n) is 7.11. The topological polar surface area (TPSA) is 46.5 Å². The van der Waals surface area contributed by atoms with Crippen molar-refractivity contribution in [2.75, 3.05) is 0 Å². The zero-order valence-corrected chi connectivity index (χ0v) is 13.5. The summed E-state index contributed by atoms with van der Waals surface area (Å²) in [4.78, 5) is 11.4. The van der Waals surface area contributed by atoms with Crippen molar-refractivity contribution in [3.63, 3.8) is 0 Å². The van der Waals surface area contributed by atoms with E-state index >= 15 is 0 Å². The number of carbonyl (C=O) groups is 1. The van der Waals surface area contributed by atoms with Gasteiger partial charge >= 0.3 is 5.97 Å². The van der Waals surface area contributed by atoms with Crippen molar-refractivity contribution in [2.24, 2.45) is 11.8 Å². The van der Waals surface area contributed by atoms with Crippen LogP contribution in [-0.4, -0.2) is 17.2 Å². The monoisotopic (exact) mass is 340 g/mol. The highest BCUT2D eigenvalue weighted by Gasteiger charge is 2.36. The zero-order chi connectivity index (χ0) is 14.7. The molecule has 1 saturated carbocycles. The Morgan fingerprint density at radius 3 is 2.40 bits per heavy atom. The number of rotatable bonds is 7. The van der Waals surface area contributed by atoms with Crippen LogP contribution in [0.1, 0.15) is 44.8 Å². The molecule has 0 amide bonds. The Balaban J connectivity index is 2.12. The molecule has 1 unspecified atom stereocenters. The van der Waals surface area contributed by atoms with Crippen molar-refractivity contribution in [1.29, 1.82) is 0 Å². The molecule has 1 N–H and O–H groups in total. The SMILES string of the molecule is CC(C)C[C@H](OC(c1ccc(Br)cc1)C1CC1)C(=O)O. The molecular formula is C16H21BrO3. The van der Waals surface area contributed by atoms with Crippen LogP contribution < -0.4 is 0 Å². The van der Waals surface area contributed by atoms with Crippen LogP contribution in [0, 0.1) is 11.8 Å². The summed E-state index contributed by atoms with van der Waals surface area (Å²) in [6, 6.07) is 7.99. The number of hydrogen-bond donors (Lipinski definition) is 1. The molecule has 2 atom stereocenters. The molecule has 1 aliphatic rings. The fourth-order valence-electron chi connectivity index (χ4n) is 2.33. The van der Waals surface area contributed by atoms with E-state index in [4.69, 9.17) is 4.74 Å². The molecule has 2 rings (SSSR count). The molecule has 0 aliphatic heterocycles. The maximum absolute atomic E-state index is 11.4. The maximum atomic E-state index is 11.4. The first-order chi connectivity index (χ1) is 9.47. The van der Waals surface area contributed by atoms with E-state index in [0.29, 0.717) is 18.3 Å². The summed E-state index contributed by atoms with van der Waals surface area (Å²) in [7, 11) is 0. The van der Waals surface area contributed by atoms with E-state index in [2.05, 4.69) is 15.9 Å². The molecule has 0 aromatic heterocycles. The lowest BCUT2D eigenvalue weighted by molar-refractivity contribution is -0.157. The van der Waals surface area contributed by atoms with Crippen LogP contribution in [0.5, 0.6) is 0 Å². The first kappa shape index (κ1) is 15.5. The molecule has 110 valence electrons. The van der Waals surface area contributed by atoms with E-state index in [-0.39, 0.29) is 6.10 Å². The van der Waals surface area contributed by atoms with Gasteiger partial charge in [-0.15, -0.1) is 0 Å². The van der Waals surface area contributed by atoms with Gasteiger partial charge in [0.2, 0.25) is 0 Å². The smallest absolute Gasteiger partial charge is 0.332 e. The Bertz CT molecular complexity index is 451. The molecule has 1 aromatic rings. The summed E-state index contributed by atoms with van der Waals surface area (Å²) in [6.45, 7) is 4.04. The summed E-state index contributed by atoms with van der Waals surface area (Å²) in [5.41, 5.74) is 1.07. The number of halogens is 1. The highest BCUT2D eigenvalue weighted by Crippen LogP contribution is 2.44. The third kappa shape index (κ3) is 4.32. The van der Waals surface area contributed by atoms with Gasteiger partial charge in [0.25, 0.3) is 0 Å². The molecule has 1 aromatic carbocycles. The lowest BCUT2D eigenvalue weighted by Crippen LogP contribution is -2.28. The van der Waals surface area contributed by atoms with Crippen molar-refractivity contribution < 1.29 is 14.6 Å². The Morgan fingerprint density at radius 2 is 1.95 bits per heavy atom. The van der Waals surface area contributed by atoms with Crippen LogP contribution in [0.4, 0.5) is 0 Å². The number of benzene rings is 1. The number of hydrogen-bond acceptors (Lipinski definition) is 2. The van der Waals surface area contributed by atoms with Gasteiger partial charge in [0.15, 0.2) is 6.10 Å². The van der Waals surface area contributed by atoms with E-state index < -0.39 is 12.1 Å². The van der Waals surface area contributed by atoms with Crippen LogP contribution in [0.3, 0.4) is 0 Å². The normalized spacial score (nSPS) is 18.0. The molecule has 1 fully saturated rings. The average Bonchev–Trinajstić information content (AvgIpc) is 3.19. The first-order valence-corrected chi connectivity index (χ1v) is 7.90. The van der Waals surface area contributed by atoms with Gasteiger partial charge in [-0.05, 0) is 48.8 Å². The molecule has 3 nitrogen and oxygen atoms in total. The quantitative estimate of drug-likeness (QED) is 0.799. The molecule has 1 aliphatic carbocycles. The summed E-state index contributed by atoms with van der Waals surface area (Å²) in [6.07, 6.45) is 1.98. The second-order valence-electron chi connectivity index (χ2n) is 5.90. The van der Waals surface area contributed by atoms with Crippen LogP contribution in [-0.2, 0) is 9.53 Å². The minimum absolute atomic E-state index is 0.0945. The summed E-state index contributed by atoms with van der Waals surface area (Å²) >= 11 is 3.42. The summed E-state index contributed by atoms with van der Waals surface area (Å²) < 4.78 is 6.98. The molecule has 0 bridgehead atoms. The van der Waals surface area contributed by atoms with Gasteiger partial charge < -0.3 is 9.84 Å². The van der Waals surface area contributed by atoms with E-state index in [9.17, 15) is 9.90 Å². The van der Waals surface area contributed by atoms with E-state index in [1.54, 1.807) is 0 Å². The highest BCUT2D eigenvalue weighted by molar-refractivity contribution is 9.10. The predicted octanol–water partition coefficient (Wildman–Crippen LogP) is 4.42. The van der Waals surface area contributed by atoms with E-state index in [1.165, 1.54) is 0 Å². The summed E-state index contributed by atoms with van der Waals surface area (Å²) in [5, 5.41) is 9.33. The zero-order valence-electron chi connectivity index (χ0n) is 11.9. The van der Waals surface area contributed by atoms with Crippen molar-refractivity contribution in [3.8, 4) is 0 Å². The standard InChI is InChI=1S/C16H21BrO3/c1-10(2)9-14(16(18)19)20-15(11-3-4-11)12-5-7-13(17)8-6-12/h5-8,10-11,14-15H,3-4,9H2,1-2H3,(H,18,19)/t14-,15?/m0/s1. The molecule has 0 saturated heterocycles. The lowest BCUT2D eigenvalue weighted by Gasteiger charge is -2.24. The van der Waals surface area contributed by atoms with E-state index in [1.807, 2.05) is 38.1 Å². The van der Waals surface area contributed by atoms with Crippen LogP contribution in [0.25, 0.3) is 0 Å². The number of carboxylic acid groups (broad SMARTS) is 1. The number of carboxylic acids is 1. The third-order valence-electron chi connectivity index (χ3n) is 3.52. The largest absolute Gasteiger partial charge is 0.479 e. The second-order valence-corrected chi connectivity index (χ2v) is 6.82. The predicted molar refractivity (Wildman–Crippen MR) is 81.6 cm³/mol. The van der Waals surface area contributed by atoms with Crippen molar-refractivity contribution in [1.82, 2.24) is 0 Å². The van der Waals surface area contributed by atoms with Crippen molar-refractivity contribution in [3.05, 3.63) is 34.3 Å². The second kappa shape index (κ2) is 6.72.